The maximum absolute atomic E-state index is 12.3. The quantitative estimate of drug-likeness (QED) is 0.758. The van der Waals surface area contributed by atoms with Gasteiger partial charge in [-0.1, -0.05) is 36.1 Å². The minimum atomic E-state index is -0.225. The van der Waals surface area contributed by atoms with Crippen molar-refractivity contribution < 1.29 is 9.90 Å². The lowest BCUT2D eigenvalue weighted by Gasteiger charge is -2.12. The van der Waals surface area contributed by atoms with Crippen LogP contribution in [-0.4, -0.2) is 10.8 Å². The highest BCUT2D eigenvalue weighted by Gasteiger charge is 2.26. The van der Waals surface area contributed by atoms with Crippen molar-refractivity contribution in [3.63, 3.8) is 0 Å². The van der Waals surface area contributed by atoms with Crippen LogP contribution in [0, 0.1) is 6.92 Å². The van der Waals surface area contributed by atoms with Gasteiger partial charge >= 0.3 is 0 Å². The highest BCUT2D eigenvalue weighted by Crippen LogP contribution is 2.35. The molecular formula is C15H10NO2-. The van der Waals surface area contributed by atoms with Crippen LogP contribution < -0.4 is 5.11 Å². The van der Waals surface area contributed by atoms with Gasteiger partial charge in [-0.3, -0.25) is 9.78 Å². The lowest BCUT2D eigenvalue weighted by molar-refractivity contribution is -0.242. The van der Waals surface area contributed by atoms with E-state index in [0.29, 0.717) is 16.8 Å². The van der Waals surface area contributed by atoms with Crippen LogP contribution >= 0.6 is 0 Å². The average molecular weight is 236 g/mol. The molecule has 0 radical (unpaired) electrons. The summed E-state index contributed by atoms with van der Waals surface area (Å²) in [7, 11) is 0. The average Bonchev–Trinajstić information content (AvgIpc) is 2.64. The number of ketones is 1. The number of aryl methyl sites for hydroxylation is 1. The number of carbonyl (C=O) groups excluding carboxylic acids is 1. The molecule has 0 spiro atoms. The van der Waals surface area contributed by atoms with Crippen LogP contribution in [0.25, 0.3) is 11.3 Å². The SMILES string of the molecule is Cc1cccnc1C1=C([O-])c2ccccc2C1=O. The third-order valence-electron chi connectivity index (χ3n) is 3.12. The van der Waals surface area contributed by atoms with Crippen molar-refractivity contribution in [3.8, 4) is 0 Å². The van der Waals surface area contributed by atoms with Crippen LogP contribution in [-0.2, 0) is 0 Å². The maximum atomic E-state index is 12.3. The summed E-state index contributed by atoms with van der Waals surface area (Å²) in [6.07, 6.45) is 1.60. The Balaban J connectivity index is 2.25. The summed E-state index contributed by atoms with van der Waals surface area (Å²) in [5.74, 6) is -0.449. The Morgan fingerprint density at radius 3 is 2.44 bits per heavy atom. The van der Waals surface area contributed by atoms with E-state index in [2.05, 4.69) is 4.98 Å². The lowest BCUT2D eigenvalue weighted by Crippen LogP contribution is -2.06. The minimum Gasteiger partial charge on any atom is -0.871 e. The Morgan fingerprint density at radius 1 is 1.06 bits per heavy atom. The molecule has 0 bridgehead atoms. The van der Waals surface area contributed by atoms with E-state index < -0.39 is 0 Å². The topological polar surface area (TPSA) is 53.0 Å². The van der Waals surface area contributed by atoms with Crippen LogP contribution in [0.3, 0.4) is 0 Å². The number of nitrogens with zero attached hydrogens (tertiary/aromatic N) is 1. The Hall–Kier alpha value is -2.42. The van der Waals surface area contributed by atoms with E-state index in [1.54, 1.807) is 36.5 Å². The van der Waals surface area contributed by atoms with Gasteiger partial charge in [-0.15, -0.1) is 0 Å². The predicted octanol–water partition coefficient (Wildman–Crippen LogP) is 1.81. The number of benzene rings is 1. The molecule has 1 aliphatic rings. The molecule has 0 saturated carbocycles. The number of rotatable bonds is 1. The van der Waals surface area contributed by atoms with Gasteiger partial charge < -0.3 is 5.11 Å². The van der Waals surface area contributed by atoms with Crippen molar-refractivity contribution in [2.75, 3.05) is 0 Å². The van der Waals surface area contributed by atoms with Crippen molar-refractivity contribution in [1.29, 1.82) is 0 Å². The molecule has 3 nitrogen and oxygen atoms in total. The van der Waals surface area contributed by atoms with Gasteiger partial charge in [0.2, 0.25) is 0 Å². The number of aromatic nitrogens is 1. The first-order chi connectivity index (χ1) is 8.70. The molecular weight excluding hydrogens is 226 g/mol. The standard InChI is InChI=1S/C15H11NO2/c1-9-5-4-8-16-13(9)12-14(17)10-6-2-3-7-11(10)15(12)18/h2-8,17H,1H3/p-1. The first-order valence-electron chi connectivity index (χ1n) is 5.67. The molecule has 0 atom stereocenters. The highest BCUT2D eigenvalue weighted by molar-refractivity contribution is 6.38. The lowest BCUT2D eigenvalue weighted by atomic mass is 10.0. The summed E-state index contributed by atoms with van der Waals surface area (Å²) in [4.78, 5) is 16.4. The van der Waals surface area contributed by atoms with Crippen molar-refractivity contribution in [3.05, 3.63) is 65.0 Å². The number of allylic oxidation sites excluding steroid dienone is 1. The van der Waals surface area contributed by atoms with Crippen LogP contribution in [0.15, 0.2) is 42.6 Å². The van der Waals surface area contributed by atoms with E-state index in [-0.39, 0.29) is 17.1 Å². The smallest absolute Gasteiger partial charge is 0.195 e. The predicted molar refractivity (Wildman–Crippen MR) is 66.6 cm³/mol. The van der Waals surface area contributed by atoms with Crippen LogP contribution in [0.4, 0.5) is 0 Å². The van der Waals surface area contributed by atoms with E-state index in [4.69, 9.17) is 0 Å². The molecule has 0 fully saturated rings. The molecule has 0 N–H and O–H groups in total. The van der Waals surface area contributed by atoms with Gasteiger partial charge in [-0.2, -0.15) is 0 Å². The molecule has 2 aromatic rings. The second-order valence-corrected chi connectivity index (χ2v) is 4.25. The van der Waals surface area contributed by atoms with Gasteiger partial charge in [0.25, 0.3) is 0 Å². The zero-order valence-corrected chi connectivity index (χ0v) is 9.81. The molecule has 3 rings (SSSR count). The Morgan fingerprint density at radius 2 is 1.78 bits per heavy atom. The molecule has 0 aliphatic heterocycles. The fourth-order valence-corrected chi connectivity index (χ4v) is 2.21. The first-order valence-corrected chi connectivity index (χ1v) is 5.67. The molecule has 18 heavy (non-hydrogen) atoms. The number of hydrogen-bond acceptors (Lipinski definition) is 3. The Kier molecular flexibility index (Phi) is 2.27. The van der Waals surface area contributed by atoms with Crippen molar-refractivity contribution in [2.24, 2.45) is 0 Å². The Bertz CT molecular complexity index is 686. The number of Topliss-reactive ketones (excluding diaryl/α,β-unsaturated/α-hetero) is 1. The van der Waals surface area contributed by atoms with Crippen molar-refractivity contribution in [2.45, 2.75) is 6.92 Å². The summed E-state index contributed by atoms with van der Waals surface area (Å²) in [6, 6.07) is 10.5. The number of carbonyl (C=O) groups is 1. The summed E-state index contributed by atoms with van der Waals surface area (Å²) in [5.41, 5.74) is 2.46. The Labute approximate surface area is 104 Å². The van der Waals surface area contributed by atoms with Gasteiger partial charge in [0, 0.05) is 17.3 Å². The molecule has 0 unspecified atom stereocenters. The van der Waals surface area contributed by atoms with E-state index >= 15 is 0 Å². The third kappa shape index (κ3) is 1.37. The number of pyridine rings is 1. The second-order valence-electron chi connectivity index (χ2n) is 4.25. The van der Waals surface area contributed by atoms with E-state index in [9.17, 15) is 9.90 Å². The molecule has 1 aromatic heterocycles. The van der Waals surface area contributed by atoms with Crippen LogP contribution in [0.2, 0.25) is 0 Å². The first kappa shape index (κ1) is 10.7. The van der Waals surface area contributed by atoms with Crippen molar-refractivity contribution >= 4 is 17.1 Å². The molecule has 0 saturated heterocycles. The van der Waals surface area contributed by atoms with Gasteiger partial charge in [-0.25, -0.2) is 0 Å². The van der Waals surface area contributed by atoms with Gasteiger partial charge in [0.1, 0.15) is 0 Å². The maximum Gasteiger partial charge on any atom is 0.195 e. The van der Waals surface area contributed by atoms with E-state index in [1.165, 1.54) is 0 Å². The largest absolute Gasteiger partial charge is 0.871 e. The van der Waals surface area contributed by atoms with Gasteiger partial charge in [-0.05, 0) is 24.1 Å². The van der Waals surface area contributed by atoms with Crippen molar-refractivity contribution in [1.82, 2.24) is 4.98 Å². The second kappa shape index (κ2) is 3.81. The van der Waals surface area contributed by atoms with Gasteiger partial charge in [0.15, 0.2) is 5.78 Å². The molecule has 1 heterocycles. The highest BCUT2D eigenvalue weighted by atomic mass is 16.3. The molecule has 0 amide bonds. The van der Waals surface area contributed by atoms with Crippen LogP contribution in [0.5, 0.6) is 0 Å². The monoisotopic (exact) mass is 236 g/mol. The number of fused-ring (bicyclic) bond motifs is 1. The fourth-order valence-electron chi connectivity index (χ4n) is 2.21. The summed E-state index contributed by atoms with van der Waals surface area (Å²) < 4.78 is 0. The molecule has 3 heteroatoms. The zero-order valence-electron chi connectivity index (χ0n) is 9.81. The normalized spacial score (nSPS) is 13.9. The van der Waals surface area contributed by atoms with Crippen LogP contribution in [0.1, 0.15) is 27.2 Å². The number of hydrogen-bond donors (Lipinski definition) is 0. The summed E-state index contributed by atoms with van der Waals surface area (Å²) >= 11 is 0. The summed E-state index contributed by atoms with van der Waals surface area (Å²) in [6.45, 7) is 1.85. The molecule has 88 valence electrons. The minimum absolute atomic E-state index is 0.189. The van der Waals surface area contributed by atoms with E-state index in [1.807, 2.05) is 13.0 Å². The fraction of sp³-hybridized carbons (Fsp3) is 0.0667. The third-order valence-corrected chi connectivity index (χ3v) is 3.12. The van der Waals surface area contributed by atoms with E-state index in [0.717, 1.165) is 5.56 Å². The molecule has 1 aliphatic carbocycles. The molecule has 1 aromatic carbocycles. The zero-order chi connectivity index (χ0) is 12.7. The van der Waals surface area contributed by atoms with Gasteiger partial charge in [0.05, 0.1) is 5.69 Å². The summed E-state index contributed by atoms with van der Waals surface area (Å²) in [5, 5.41) is 12.3.